The van der Waals surface area contributed by atoms with E-state index in [1.807, 2.05) is 0 Å². The number of ether oxygens (including phenoxy) is 2. The summed E-state index contributed by atoms with van der Waals surface area (Å²) in [5, 5.41) is 7.96. The number of aliphatic hydroxyl groups excluding tert-OH is 1. The number of aliphatic hydroxyl groups is 1. The average molecular weight is 284 g/mol. The number of halogens is 6. The second-order valence-electron chi connectivity index (χ2n) is 3.11. The molecule has 0 spiro atoms. The number of carbonyl (C=O) groups is 1. The molecule has 10 heteroatoms. The SMILES string of the molecule is CCOC(=O)OCC(F)(F)C(F)(F)C(F)(F)CO. The average Bonchev–Trinajstić information content (AvgIpc) is 2.26. The molecular weight excluding hydrogens is 274 g/mol. The molecule has 0 amide bonds. The maximum absolute atomic E-state index is 12.8. The van der Waals surface area contributed by atoms with Gasteiger partial charge in [-0.05, 0) is 6.92 Å². The molecule has 0 unspecified atom stereocenters. The molecule has 0 aromatic heterocycles. The Balaban J connectivity index is 4.76. The summed E-state index contributed by atoms with van der Waals surface area (Å²) in [5.74, 6) is -16.6. The zero-order valence-electron chi connectivity index (χ0n) is 9.06. The third-order valence-corrected chi connectivity index (χ3v) is 1.75. The summed E-state index contributed by atoms with van der Waals surface area (Å²) in [6.45, 7) is -3.76. The van der Waals surface area contributed by atoms with Gasteiger partial charge in [0.15, 0.2) is 6.61 Å². The molecule has 0 aliphatic carbocycles. The highest BCUT2D eigenvalue weighted by Crippen LogP contribution is 2.45. The molecule has 0 rings (SSSR count). The van der Waals surface area contributed by atoms with Crippen LogP contribution in [-0.4, -0.2) is 48.9 Å². The fraction of sp³-hybridized carbons (Fsp3) is 0.875. The first-order chi connectivity index (χ1) is 8.02. The van der Waals surface area contributed by atoms with Crippen molar-refractivity contribution in [1.82, 2.24) is 0 Å². The van der Waals surface area contributed by atoms with Crippen molar-refractivity contribution in [3.05, 3.63) is 0 Å². The second kappa shape index (κ2) is 5.63. The minimum atomic E-state index is -5.87. The summed E-state index contributed by atoms with van der Waals surface area (Å²) in [5.41, 5.74) is 0. The van der Waals surface area contributed by atoms with Crippen molar-refractivity contribution in [3.63, 3.8) is 0 Å². The Hall–Kier alpha value is -1.19. The van der Waals surface area contributed by atoms with Crippen LogP contribution in [0.1, 0.15) is 6.92 Å². The highest BCUT2D eigenvalue weighted by Gasteiger charge is 2.71. The van der Waals surface area contributed by atoms with Gasteiger partial charge in [0.2, 0.25) is 0 Å². The minimum Gasteiger partial charge on any atom is -0.435 e. The van der Waals surface area contributed by atoms with E-state index in [1.165, 1.54) is 6.92 Å². The molecule has 0 saturated heterocycles. The standard InChI is InChI=1S/C8H10F6O4/c1-2-17-5(16)18-4-7(11,12)8(13,14)6(9,10)3-15/h15H,2-4H2,1H3. The highest BCUT2D eigenvalue weighted by atomic mass is 19.3. The van der Waals surface area contributed by atoms with E-state index in [-0.39, 0.29) is 6.61 Å². The van der Waals surface area contributed by atoms with Crippen LogP contribution in [0.5, 0.6) is 0 Å². The van der Waals surface area contributed by atoms with Gasteiger partial charge in [-0.25, -0.2) is 4.79 Å². The minimum absolute atomic E-state index is 0.270. The Labute approximate surface area is 97.5 Å². The lowest BCUT2D eigenvalue weighted by atomic mass is 10.1. The molecule has 0 saturated carbocycles. The van der Waals surface area contributed by atoms with E-state index in [4.69, 9.17) is 5.11 Å². The topological polar surface area (TPSA) is 55.8 Å². The molecule has 0 heterocycles. The molecule has 18 heavy (non-hydrogen) atoms. The van der Waals surface area contributed by atoms with E-state index >= 15 is 0 Å². The Bertz CT molecular complexity index is 293. The summed E-state index contributed by atoms with van der Waals surface area (Å²) >= 11 is 0. The highest BCUT2D eigenvalue weighted by molar-refractivity contribution is 5.59. The first kappa shape index (κ1) is 16.8. The van der Waals surface area contributed by atoms with E-state index in [2.05, 4.69) is 9.47 Å². The lowest BCUT2D eigenvalue weighted by Gasteiger charge is -2.31. The van der Waals surface area contributed by atoms with Crippen molar-refractivity contribution in [2.45, 2.75) is 24.7 Å². The molecule has 0 aliphatic rings. The van der Waals surface area contributed by atoms with Crippen LogP contribution in [0.3, 0.4) is 0 Å². The van der Waals surface area contributed by atoms with Crippen molar-refractivity contribution in [1.29, 1.82) is 0 Å². The van der Waals surface area contributed by atoms with Crippen LogP contribution in [0.25, 0.3) is 0 Å². The predicted octanol–water partition coefficient (Wildman–Crippen LogP) is 2.06. The molecule has 0 atom stereocenters. The van der Waals surface area contributed by atoms with Gasteiger partial charge >= 0.3 is 23.9 Å². The molecule has 0 aromatic carbocycles. The molecule has 0 fully saturated rings. The second-order valence-corrected chi connectivity index (χ2v) is 3.11. The molecule has 0 bridgehead atoms. The molecule has 108 valence electrons. The Morgan fingerprint density at radius 1 is 1.06 bits per heavy atom. The summed E-state index contributed by atoms with van der Waals surface area (Å²) in [4.78, 5) is 10.5. The first-order valence-electron chi connectivity index (χ1n) is 4.55. The quantitative estimate of drug-likeness (QED) is 0.599. The third kappa shape index (κ3) is 3.40. The normalized spacial score (nSPS) is 13.3. The van der Waals surface area contributed by atoms with Gasteiger partial charge < -0.3 is 14.6 Å². The zero-order valence-corrected chi connectivity index (χ0v) is 9.06. The van der Waals surface area contributed by atoms with E-state index in [0.717, 1.165) is 0 Å². The van der Waals surface area contributed by atoms with Gasteiger partial charge in [-0.1, -0.05) is 0 Å². The van der Waals surface area contributed by atoms with E-state index < -0.39 is 37.1 Å². The van der Waals surface area contributed by atoms with Gasteiger partial charge in [0.25, 0.3) is 0 Å². The fourth-order valence-corrected chi connectivity index (χ4v) is 0.767. The monoisotopic (exact) mass is 284 g/mol. The summed E-state index contributed by atoms with van der Waals surface area (Å²) in [6.07, 6.45) is -1.69. The summed E-state index contributed by atoms with van der Waals surface area (Å²) in [6, 6.07) is 0. The van der Waals surface area contributed by atoms with Crippen LogP contribution in [0.4, 0.5) is 31.1 Å². The van der Waals surface area contributed by atoms with Gasteiger partial charge in [-0.2, -0.15) is 26.3 Å². The fourth-order valence-electron chi connectivity index (χ4n) is 0.767. The lowest BCUT2D eigenvalue weighted by molar-refractivity contribution is -0.323. The number of hydrogen-bond donors (Lipinski definition) is 1. The number of rotatable bonds is 6. The zero-order chi connectivity index (χ0) is 14.6. The molecule has 0 aromatic rings. The molecular formula is C8H10F6O4. The molecule has 0 radical (unpaired) electrons. The van der Waals surface area contributed by atoms with Crippen LogP contribution in [-0.2, 0) is 9.47 Å². The van der Waals surface area contributed by atoms with Gasteiger partial charge in [0.1, 0.15) is 6.61 Å². The van der Waals surface area contributed by atoms with Crippen LogP contribution in [0.2, 0.25) is 0 Å². The maximum Gasteiger partial charge on any atom is 0.508 e. The van der Waals surface area contributed by atoms with Crippen LogP contribution >= 0.6 is 0 Å². The van der Waals surface area contributed by atoms with Crippen LogP contribution < -0.4 is 0 Å². The third-order valence-electron chi connectivity index (χ3n) is 1.75. The molecule has 0 aliphatic heterocycles. The Morgan fingerprint density at radius 2 is 1.56 bits per heavy atom. The van der Waals surface area contributed by atoms with Crippen molar-refractivity contribution in [2.24, 2.45) is 0 Å². The smallest absolute Gasteiger partial charge is 0.435 e. The first-order valence-corrected chi connectivity index (χ1v) is 4.55. The number of carbonyl (C=O) groups excluding carboxylic acids is 1. The van der Waals surface area contributed by atoms with Crippen molar-refractivity contribution < 1.29 is 45.7 Å². The summed E-state index contributed by atoms with van der Waals surface area (Å²) in [7, 11) is 0. The van der Waals surface area contributed by atoms with Crippen LogP contribution in [0.15, 0.2) is 0 Å². The van der Waals surface area contributed by atoms with Gasteiger partial charge in [0, 0.05) is 0 Å². The Kier molecular flexibility index (Phi) is 5.26. The molecule has 1 N–H and O–H groups in total. The largest absolute Gasteiger partial charge is 0.508 e. The van der Waals surface area contributed by atoms with E-state index in [9.17, 15) is 31.1 Å². The van der Waals surface area contributed by atoms with Crippen molar-refractivity contribution in [3.8, 4) is 0 Å². The van der Waals surface area contributed by atoms with Crippen molar-refractivity contribution in [2.75, 3.05) is 19.8 Å². The van der Waals surface area contributed by atoms with Gasteiger partial charge in [0.05, 0.1) is 6.61 Å². The van der Waals surface area contributed by atoms with E-state index in [1.54, 1.807) is 0 Å². The number of alkyl halides is 6. The van der Waals surface area contributed by atoms with Gasteiger partial charge in [-0.3, -0.25) is 0 Å². The maximum atomic E-state index is 12.8. The number of hydrogen-bond acceptors (Lipinski definition) is 4. The lowest BCUT2D eigenvalue weighted by Crippen LogP contribution is -2.57. The van der Waals surface area contributed by atoms with Crippen molar-refractivity contribution >= 4 is 6.16 Å². The molecule has 4 nitrogen and oxygen atoms in total. The van der Waals surface area contributed by atoms with E-state index in [0.29, 0.717) is 0 Å². The summed E-state index contributed by atoms with van der Waals surface area (Å²) < 4.78 is 83.5. The van der Waals surface area contributed by atoms with Gasteiger partial charge in [-0.15, -0.1) is 0 Å². The van der Waals surface area contributed by atoms with Crippen LogP contribution in [0, 0.1) is 0 Å². The Morgan fingerprint density at radius 3 is 1.94 bits per heavy atom. The predicted molar refractivity (Wildman–Crippen MR) is 44.9 cm³/mol.